The lowest BCUT2D eigenvalue weighted by Gasteiger charge is -2.21. The van der Waals surface area contributed by atoms with E-state index in [1.165, 1.54) is 199 Å². The fourth-order valence-electron chi connectivity index (χ4n) is 11.0. The zero-order valence-corrected chi connectivity index (χ0v) is 60.8. The van der Waals surface area contributed by atoms with Crippen molar-refractivity contribution in [3.05, 3.63) is 0 Å². The zero-order valence-electron chi connectivity index (χ0n) is 59.0. The Morgan fingerprint density at radius 1 is 0.297 bits per heavy atom. The molecule has 0 saturated heterocycles. The molecule has 0 spiro atoms. The SMILES string of the molecule is CCCCCCCCCCCCCCCCCC(=O)OC[C@H](COP(=O)(O)OC[C@@H](O)COP(=O)(O)OC[C@@H](COC(=O)CCCCCCCCCCC)OC(=O)CCCCCCCCCCCC)OC(=O)CCCCCCCCCCCCCCCCC(C)C. The highest BCUT2D eigenvalue weighted by Gasteiger charge is 2.30. The minimum absolute atomic E-state index is 0.107. The first-order valence-corrected chi connectivity index (χ1v) is 40.6. The van der Waals surface area contributed by atoms with Gasteiger partial charge in [0, 0.05) is 25.7 Å². The van der Waals surface area contributed by atoms with Gasteiger partial charge in [0.15, 0.2) is 12.2 Å². The van der Waals surface area contributed by atoms with Gasteiger partial charge in [0.05, 0.1) is 26.4 Å². The molecule has 0 aliphatic heterocycles. The Bertz CT molecular complexity index is 1750. The highest BCUT2D eigenvalue weighted by molar-refractivity contribution is 7.47. The second kappa shape index (κ2) is 65.4. The standard InChI is InChI=1S/C72H140O17P2/c1-6-9-12-15-18-21-23-24-25-29-32-37-41-46-51-56-70(75)83-62-68(89-72(77)58-53-48-43-38-33-30-27-26-28-31-35-39-44-49-54-65(4)5)64-87-91(80,81)85-60-66(73)59-84-90(78,79)86-63-67(61-82-69(74)55-50-45-40-34-20-17-14-11-8-3)88-71(76)57-52-47-42-36-22-19-16-13-10-7-2/h65-68,73H,6-64H2,1-5H3,(H,78,79)(H,80,81)/t66-,67+,68+/m0/s1. The molecule has 540 valence electrons. The maximum Gasteiger partial charge on any atom is 0.472 e. The van der Waals surface area contributed by atoms with Gasteiger partial charge in [-0.25, -0.2) is 9.13 Å². The van der Waals surface area contributed by atoms with Gasteiger partial charge in [0.1, 0.15) is 19.3 Å². The minimum atomic E-state index is -4.95. The maximum absolute atomic E-state index is 13.0. The van der Waals surface area contributed by atoms with Crippen molar-refractivity contribution in [2.75, 3.05) is 39.6 Å². The predicted molar refractivity (Wildman–Crippen MR) is 368 cm³/mol. The van der Waals surface area contributed by atoms with E-state index in [2.05, 4.69) is 34.6 Å². The Morgan fingerprint density at radius 3 is 0.747 bits per heavy atom. The van der Waals surface area contributed by atoms with E-state index in [-0.39, 0.29) is 25.7 Å². The molecule has 0 aliphatic rings. The number of hydrogen-bond donors (Lipinski definition) is 3. The fraction of sp³-hybridized carbons (Fsp3) is 0.944. The van der Waals surface area contributed by atoms with Gasteiger partial charge in [-0.1, -0.05) is 324 Å². The van der Waals surface area contributed by atoms with Crippen LogP contribution in [0.15, 0.2) is 0 Å². The largest absolute Gasteiger partial charge is 0.472 e. The van der Waals surface area contributed by atoms with Gasteiger partial charge < -0.3 is 33.8 Å². The first kappa shape index (κ1) is 89.1. The predicted octanol–water partition coefficient (Wildman–Crippen LogP) is 20.9. The second-order valence-electron chi connectivity index (χ2n) is 26.5. The lowest BCUT2D eigenvalue weighted by atomic mass is 10.0. The van der Waals surface area contributed by atoms with E-state index in [0.29, 0.717) is 25.7 Å². The van der Waals surface area contributed by atoms with E-state index in [1.807, 2.05) is 0 Å². The molecule has 0 amide bonds. The average molecular weight is 1340 g/mol. The monoisotopic (exact) mass is 1340 g/mol. The Labute approximate surface area is 556 Å². The number of aliphatic hydroxyl groups excluding tert-OH is 1. The van der Waals surface area contributed by atoms with Crippen LogP contribution in [0.1, 0.15) is 375 Å². The summed E-state index contributed by atoms with van der Waals surface area (Å²) in [5.41, 5.74) is 0. The molecule has 3 N–H and O–H groups in total. The van der Waals surface area contributed by atoms with Crippen LogP contribution in [-0.2, 0) is 65.4 Å². The van der Waals surface area contributed by atoms with Crippen LogP contribution < -0.4 is 0 Å². The molecule has 0 aromatic rings. The van der Waals surface area contributed by atoms with E-state index >= 15 is 0 Å². The second-order valence-corrected chi connectivity index (χ2v) is 29.4. The number of unbranched alkanes of at least 4 members (excludes halogenated alkanes) is 44. The third-order valence-electron chi connectivity index (χ3n) is 16.8. The molecule has 0 aliphatic carbocycles. The third-order valence-corrected chi connectivity index (χ3v) is 18.7. The summed E-state index contributed by atoms with van der Waals surface area (Å²) in [4.78, 5) is 72.5. The molecule has 0 bridgehead atoms. The molecule has 0 aromatic carbocycles. The Hall–Kier alpha value is -1.94. The molecule has 0 radical (unpaired) electrons. The van der Waals surface area contributed by atoms with Crippen molar-refractivity contribution < 1.29 is 80.2 Å². The summed E-state index contributed by atoms with van der Waals surface area (Å²) in [6.45, 7) is 7.26. The molecule has 0 rings (SSSR count). The first-order valence-electron chi connectivity index (χ1n) is 37.6. The molecule has 17 nitrogen and oxygen atoms in total. The number of rotatable bonds is 72. The van der Waals surface area contributed by atoms with Crippen LogP contribution in [0.5, 0.6) is 0 Å². The summed E-state index contributed by atoms with van der Waals surface area (Å²) in [6, 6.07) is 0. The van der Waals surface area contributed by atoms with Crippen LogP contribution in [0.3, 0.4) is 0 Å². The zero-order chi connectivity index (χ0) is 67.0. The van der Waals surface area contributed by atoms with Crippen LogP contribution in [0, 0.1) is 5.92 Å². The van der Waals surface area contributed by atoms with Gasteiger partial charge in [-0.3, -0.25) is 37.3 Å². The summed E-state index contributed by atoms with van der Waals surface area (Å²) >= 11 is 0. The molecule has 5 atom stereocenters. The Balaban J connectivity index is 5.21. The fourth-order valence-corrected chi connectivity index (χ4v) is 12.6. The number of carbonyl (C=O) groups is 4. The third kappa shape index (κ3) is 66.5. The smallest absolute Gasteiger partial charge is 0.462 e. The molecule has 0 saturated carbocycles. The van der Waals surface area contributed by atoms with Crippen LogP contribution in [0.2, 0.25) is 0 Å². The average Bonchev–Trinajstić information content (AvgIpc) is 2.75. The van der Waals surface area contributed by atoms with Crippen LogP contribution in [0.4, 0.5) is 0 Å². The van der Waals surface area contributed by atoms with E-state index < -0.39 is 97.5 Å². The number of esters is 4. The summed E-state index contributed by atoms with van der Waals surface area (Å²) in [5.74, 6) is -1.32. The number of phosphoric acid groups is 2. The van der Waals surface area contributed by atoms with Crippen molar-refractivity contribution >= 4 is 39.5 Å². The molecule has 91 heavy (non-hydrogen) atoms. The quantitative estimate of drug-likeness (QED) is 0.0222. The summed E-state index contributed by atoms with van der Waals surface area (Å²) in [6.07, 6.45) is 52.6. The van der Waals surface area contributed by atoms with Crippen molar-refractivity contribution in [3.8, 4) is 0 Å². The maximum atomic E-state index is 13.0. The van der Waals surface area contributed by atoms with Gasteiger partial charge in [0.2, 0.25) is 0 Å². The molecule has 19 heteroatoms. The normalized spacial score (nSPS) is 14.0. The summed E-state index contributed by atoms with van der Waals surface area (Å²) in [7, 11) is -9.90. The number of ether oxygens (including phenoxy) is 4. The van der Waals surface area contributed by atoms with E-state index in [1.54, 1.807) is 0 Å². The number of phosphoric ester groups is 2. The number of carbonyl (C=O) groups excluding carboxylic acids is 4. The number of aliphatic hydroxyl groups is 1. The lowest BCUT2D eigenvalue weighted by molar-refractivity contribution is -0.161. The molecular formula is C72H140O17P2. The Kier molecular flexibility index (Phi) is 64.0. The van der Waals surface area contributed by atoms with E-state index in [4.69, 9.17) is 37.0 Å². The summed E-state index contributed by atoms with van der Waals surface area (Å²) in [5, 5.41) is 10.6. The highest BCUT2D eigenvalue weighted by Crippen LogP contribution is 2.45. The Morgan fingerprint density at radius 2 is 0.505 bits per heavy atom. The van der Waals surface area contributed by atoms with Gasteiger partial charge in [-0.15, -0.1) is 0 Å². The molecule has 0 aromatic heterocycles. The van der Waals surface area contributed by atoms with E-state index in [9.17, 15) is 43.2 Å². The van der Waals surface area contributed by atoms with Crippen molar-refractivity contribution in [1.82, 2.24) is 0 Å². The molecule has 2 unspecified atom stereocenters. The number of hydrogen-bond acceptors (Lipinski definition) is 15. The van der Waals surface area contributed by atoms with Crippen molar-refractivity contribution in [3.63, 3.8) is 0 Å². The van der Waals surface area contributed by atoms with Gasteiger partial charge in [-0.2, -0.15) is 0 Å². The van der Waals surface area contributed by atoms with Crippen molar-refractivity contribution in [1.29, 1.82) is 0 Å². The van der Waals surface area contributed by atoms with Crippen LogP contribution in [-0.4, -0.2) is 96.7 Å². The van der Waals surface area contributed by atoms with Gasteiger partial charge in [-0.05, 0) is 31.6 Å². The first-order chi connectivity index (χ1) is 44.0. The van der Waals surface area contributed by atoms with Crippen molar-refractivity contribution in [2.45, 2.75) is 393 Å². The van der Waals surface area contributed by atoms with Crippen LogP contribution >= 0.6 is 15.6 Å². The summed E-state index contributed by atoms with van der Waals surface area (Å²) < 4.78 is 68.3. The minimum Gasteiger partial charge on any atom is -0.462 e. The van der Waals surface area contributed by atoms with Crippen LogP contribution in [0.25, 0.3) is 0 Å². The van der Waals surface area contributed by atoms with Crippen molar-refractivity contribution in [2.24, 2.45) is 5.92 Å². The van der Waals surface area contributed by atoms with E-state index in [0.717, 1.165) is 95.8 Å². The lowest BCUT2D eigenvalue weighted by Crippen LogP contribution is -2.30. The molecule has 0 fully saturated rings. The molecule has 0 heterocycles. The topological polar surface area (TPSA) is 237 Å². The van der Waals surface area contributed by atoms with Gasteiger partial charge >= 0.3 is 39.5 Å². The highest BCUT2D eigenvalue weighted by atomic mass is 31.2. The van der Waals surface area contributed by atoms with Gasteiger partial charge in [0.25, 0.3) is 0 Å². The molecular weight excluding hydrogens is 1200 g/mol.